The number of benzene rings is 2. The predicted octanol–water partition coefficient (Wildman–Crippen LogP) is 4.26. The molecule has 0 saturated heterocycles. The zero-order valence-electron chi connectivity index (χ0n) is 9.87. The Balaban J connectivity index is 0.000000408. The molecule has 0 aliphatic rings. The summed E-state index contributed by atoms with van der Waals surface area (Å²) in [6, 6.07) is 18.5. The molecule has 1 radical (unpaired) electrons. The number of imidazole rings is 1. The molecule has 0 atom stereocenters. The van der Waals surface area contributed by atoms with Gasteiger partial charge in [0.15, 0.2) is 6.33 Å². The Labute approximate surface area is 126 Å². The number of halogens is 2. The molecule has 0 unspecified atom stereocenters. The fourth-order valence-corrected chi connectivity index (χ4v) is 1.84. The average molecular weight is 337 g/mol. The van der Waals surface area contributed by atoms with Crippen LogP contribution in [-0.4, -0.2) is 9.55 Å². The third kappa shape index (κ3) is 3.97. The van der Waals surface area contributed by atoms with Crippen molar-refractivity contribution >= 4 is 31.4 Å². The molecule has 5 heteroatoms. The first-order valence-electron chi connectivity index (χ1n) is 5.54. The molecule has 0 amide bonds. The maximum atomic E-state index is 4.70. The summed E-state index contributed by atoms with van der Waals surface area (Å²) >= 11 is 0.569. The van der Waals surface area contributed by atoms with Crippen molar-refractivity contribution in [2.75, 3.05) is 0 Å². The normalized spacial score (nSPS) is 10.2. The first-order valence-corrected chi connectivity index (χ1v) is 8.26. The van der Waals surface area contributed by atoms with E-state index in [0.29, 0.717) is 12.7 Å². The van der Waals surface area contributed by atoms with E-state index in [1.165, 1.54) is 5.56 Å². The van der Waals surface area contributed by atoms with Crippen LogP contribution in [0.4, 0.5) is 0 Å². The van der Waals surface area contributed by atoms with Crippen molar-refractivity contribution in [3.05, 3.63) is 66.5 Å². The zero-order valence-corrected chi connectivity index (χ0v) is 12.4. The van der Waals surface area contributed by atoms with Crippen molar-refractivity contribution in [1.29, 1.82) is 0 Å². The molecule has 3 rings (SSSR count). The minimum Gasteiger partial charge on any atom is -0.317 e. The molecule has 1 aromatic heterocycles. The summed E-state index contributed by atoms with van der Waals surface area (Å²) in [4.78, 5) is 4.25. The Morgan fingerprint density at radius 2 is 1.63 bits per heavy atom. The van der Waals surface area contributed by atoms with E-state index in [4.69, 9.17) is 20.4 Å². The number of hydrogen-bond donors (Lipinski definition) is 0. The van der Waals surface area contributed by atoms with Gasteiger partial charge in [-0.05, 0) is 17.7 Å². The first kappa shape index (κ1) is 14.4. The van der Waals surface area contributed by atoms with Gasteiger partial charge < -0.3 is 4.57 Å². The van der Waals surface area contributed by atoms with E-state index < -0.39 is 0 Å². The summed E-state index contributed by atoms with van der Waals surface area (Å²) in [6.07, 6.45) is 3.03. The molecule has 0 N–H and O–H groups in total. The van der Waals surface area contributed by atoms with Gasteiger partial charge in [-0.25, -0.2) is 4.98 Å². The smallest absolute Gasteiger partial charge is 0.177 e. The fourth-order valence-electron chi connectivity index (χ4n) is 1.84. The maximum Gasteiger partial charge on any atom is 0.177 e. The van der Waals surface area contributed by atoms with Crippen LogP contribution in [0.5, 0.6) is 0 Å². The monoisotopic (exact) mass is 335 g/mol. The number of hydrogen-bond acceptors (Lipinski definition) is 1. The molecule has 2 nitrogen and oxygen atoms in total. The standard InChI is InChI=1S/C14H11N2.2ClH.Ni/c1-2-6-12(7-3-1)10-16-11-15-13-8-4-5-9-14(13)16;;;/h1-9H,10H2;2*1H;/q;;;+2/p-2. The largest absolute Gasteiger partial charge is 0.317 e. The molecule has 0 saturated carbocycles. The molecule has 19 heavy (non-hydrogen) atoms. The average Bonchev–Trinajstić information content (AvgIpc) is 2.85. The molecule has 1 heterocycles. The van der Waals surface area contributed by atoms with Gasteiger partial charge >= 0.3 is 33.0 Å². The van der Waals surface area contributed by atoms with Gasteiger partial charge in [0.25, 0.3) is 0 Å². The van der Waals surface area contributed by atoms with Crippen LogP contribution >= 0.6 is 20.4 Å². The summed E-state index contributed by atoms with van der Waals surface area (Å²) < 4.78 is 2.05. The van der Waals surface area contributed by atoms with Gasteiger partial charge in [-0.1, -0.05) is 42.5 Å². The quantitative estimate of drug-likeness (QED) is 0.639. The van der Waals surface area contributed by atoms with Gasteiger partial charge in [0.1, 0.15) is 0 Å². The van der Waals surface area contributed by atoms with E-state index >= 15 is 0 Å². The van der Waals surface area contributed by atoms with Gasteiger partial charge in [0.2, 0.25) is 0 Å². The number of para-hydroxylation sites is 2. The van der Waals surface area contributed by atoms with E-state index in [1.807, 2.05) is 28.8 Å². The van der Waals surface area contributed by atoms with Crippen molar-refractivity contribution in [2.24, 2.45) is 0 Å². The van der Waals surface area contributed by atoms with Crippen molar-refractivity contribution in [1.82, 2.24) is 9.55 Å². The van der Waals surface area contributed by atoms with E-state index in [1.54, 1.807) is 0 Å². The van der Waals surface area contributed by atoms with Crippen LogP contribution in [0.1, 0.15) is 5.56 Å². The van der Waals surface area contributed by atoms with Crippen LogP contribution in [0.2, 0.25) is 0 Å². The molecule has 0 spiro atoms. The topological polar surface area (TPSA) is 17.8 Å². The zero-order chi connectivity index (χ0) is 13.5. The van der Waals surface area contributed by atoms with Crippen LogP contribution in [0.3, 0.4) is 0 Å². The van der Waals surface area contributed by atoms with Crippen LogP contribution in [0.25, 0.3) is 11.0 Å². The van der Waals surface area contributed by atoms with E-state index in [-0.39, 0.29) is 0 Å². The molecule has 0 aliphatic carbocycles. The van der Waals surface area contributed by atoms with Crippen LogP contribution < -0.4 is 0 Å². The number of fused-ring (bicyclic) bond motifs is 1. The van der Waals surface area contributed by atoms with Gasteiger partial charge in [-0.15, -0.1) is 0 Å². The van der Waals surface area contributed by atoms with Crippen molar-refractivity contribution < 1.29 is 12.7 Å². The van der Waals surface area contributed by atoms with E-state index in [0.717, 1.165) is 17.6 Å². The van der Waals surface area contributed by atoms with Crippen LogP contribution in [-0.2, 0) is 19.2 Å². The second-order valence-electron chi connectivity index (χ2n) is 3.82. The fraction of sp³-hybridized carbons (Fsp3) is 0.0714. The number of aromatic nitrogens is 2. The minimum absolute atomic E-state index is 0.569. The summed E-state index contributed by atoms with van der Waals surface area (Å²) in [5.41, 5.74) is 3.40. The molecule has 0 aliphatic heterocycles. The van der Waals surface area contributed by atoms with Gasteiger partial charge in [0.05, 0.1) is 11.0 Å². The molecule has 2 aromatic carbocycles. The van der Waals surface area contributed by atoms with Crippen molar-refractivity contribution in [2.45, 2.75) is 6.54 Å². The predicted molar refractivity (Wildman–Crippen MR) is 75.8 cm³/mol. The van der Waals surface area contributed by atoms with Crippen molar-refractivity contribution in [3.8, 4) is 0 Å². The first-order chi connectivity index (χ1) is 9.35. The Bertz CT molecular complexity index is 625. The Kier molecular flexibility index (Phi) is 5.71. The molecule has 101 valence electrons. The van der Waals surface area contributed by atoms with Gasteiger partial charge in [-0.2, -0.15) is 0 Å². The molecule has 3 aromatic rings. The molecule has 0 bridgehead atoms. The van der Waals surface area contributed by atoms with E-state index in [2.05, 4.69) is 41.6 Å². The summed E-state index contributed by atoms with van der Waals surface area (Å²) in [7, 11) is 9.40. The third-order valence-electron chi connectivity index (χ3n) is 2.65. The number of rotatable bonds is 2. The second-order valence-corrected chi connectivity index (χ2v) is 5.45. The molecule has 0 fully saturated rings. The van der Waals surface area contributed by atoms with Crippen LogP contribution in [0.15, 0.2) is 54.6 Å². The van der Waals surface area contributed by atoms with Crippen LogP contribution in [0, 0.1) is 6.33 Å². The number of nitrogens with zero attached hydrogens (tertiary/aromatic N) is 2. The minimum atomic E-state index is 0.569. The maximum absolute atomic E-state index is 4.70. The molecular formula is C14H11Cl2N2Ni. The van der Waals surface area contributed by atoms with Crippen molar-refractivity contribution in [3.63, 3.8) is 0 Å². The Morgan fingerprint density at radius 3 is 2.37 bits per heavy atom. The Morgan fingerprint density at radius 1 is 1.00 bits per heavy atom. The third-order valence-corrected chi connectivity index (χ3v) is 2.65. The van der Waals surface area contributed by atoms with Gasteiger partial charge in [0, 0.05) is 6.54 Å². The summed E-state index contributed by atoms with van der Waals surface area (Å²) in [6.45, 7) is 0.821. The van der Waals surface area contributed by atoms with Gasteiger partial charge in [-0.3, -0.25) is 0 Å². The molecular weight excluding hydrogens is 326 g/mol. The Hall–Kier alpha value is -1.02. The van der Waals surface area contributed by atoms with E-state index in [9.17, 15) is 0 Å². The summed E-state index contributed by atoms with van der Waals surface area (Å²) in [5.74, 6) is 0. The summed E-state index contributed by atoms with van der Waals surface area (Å²) in [5, 5.41) is 0. The SMILES string of the molecule is [Cl][Ni][Cl].[c]1nc2ccccc2n1Cc1ccccc1. The second kappa shape index (κ2) is 7.54.